The van der Waals surface area contributed by atoms with E-state index in [1.165, 1.54) is 0 Å². The Hall–Kier alpha value is 0.990. The van der Waals surface area contributed by atoms with E-state index >= 15 is 0 Å². The molecule has 21 heavy (non-hydrogen) atoms. The summed E-state index contributed by atoms with van der Waals surface area (Å²) in [5.74, 6) is 0. The van der Waals surface area contributed by atoms with Gasteiger partial charge in [-0.3, -0.25) is 4.57 Å². The summed E-state index contributed by atoms with van der Waals surface area (Å²) in [7, 11) is -3.47. The van der Waals surface area contributed by atoms with Crippen LogP contribution in [0.25, 0.3) is 0 Å². The molecule has 7 nitrogen and oxygen atoms in total. The third-order valence-electron chi connectivity index (χ3n) is 2.70. The van der Waals surface area contributed by atoms with E-state index in [0.29, 0.717) is 19.6 Å². The number of hydrogen-bond donors (Lipinski definition) is 5. The number of rotatable bonds is 15. The smallest absolute Gasteiger partial charge is 1.00 e. The summed E-state index contributed by atoms with van der Waals surface area (Å²) in [6.45, 7) is 6.42. The number of nitrogens with one attached hydrogen (secondary N) is 3. The fraction of sp³-hybridized carbons (Fsp3) is 1.00. The molecule has 124 valence electrons. The van der Waals surface area contributed by atoms with Crippen LogP contribution in [0.2, 0.25) is 0 Å². The minimum Gasteiger partial charge on any atom is -1.00 e. The number of hydrogen-bond acceptors (Lipinski definition) is 6. The van der Waals surface area contributed by atoms with Crippen molar-refractivity contribution in [2.24, 2.45) is 5.73 Å². The summed E-state index contributed by atoms with van der Waals surface area (Å²) in [6, 6.07) is 0. The van der Waals surface area contributed by atoms with Gasteiger partial charge in [-0.05, 0) is 6.42 Å². The third kappa shape index (κ3) is 18.9. The molecule has 9 heteroatoms. The molecular weight excluding hydrogens is 302 g/mol. The van der Waals surface area contributed by atoms with Crippen LogP contribution in [-0.2, 0) is 9.19 Å². The average Bonchev–Trinajstić information content (AvgIpc) is 2.42. The van der Waals surface area contributed by atoms with Crippen molar-refractivity contribution >= 4 is 7.60 Å². The summed E-state index contributed by atoms with van der Waals surface area (Å²) in [5.41, 5.74) is 7.89. The molecule has 0 aromatic heterocycles. The fourth-order valence-electron chi connectivity index (χ4n) is 1.60. The second-order valence-electron chi connectivity index (χ2n) is 4.70. The van der Waals surface area contributed by atoms with E-state index in [2.05, 4.69) is 23.0 Å². The molecule has 0 bridgehead atoms. The Kier molecular flexibility index (Phi) is 20.0. The van der Waals surface area contributed by atoms with Crippen LogP contribution in [0.1, 0.15) is 34.0 Å². The maximum absolute atomic E-state index is 11.6. The van der Waals surface area contributed by atoms with Gasteiger partial charge >= 0.3 is 37.2 Å². The van der Waals surface area contributed by atoms with Gasteiger partial charge in [-0.15, -0.1) is 0 Å². The summed E-state index contributed by atoms with van der Waals surface area (Å²) in [5, 5.41) is 6.33. The van der Waals surface area contributed by atoms with Crippen LogP contribution in [0.15, 0.2) is 0 Å². The molecule has 6 N–H and O–H groups in total. The SMILES string of the molecule is CCCCCCP(=O)(O)ONCCNCCNCCN.[H-].[Na+]. The Morgan fingerprint density at radius 1 is 1.10 bits per heavy atom. The molecular formula is C12H32N4NaO3P. The maximum Gasteiger partial charge on any atom is 1.00 e. The first-order valence-corrected chi connectivity index (χ1v) is 9.23. The van der Waals surface area contributed by atoms with Gasteiger partial charge in [0.1, 0.15) is 0 Å². The van der Waals surface area contributed by atoms with E-state index in [9.17, 15) is 9.46 Å². The molecule has 0 aromatic carbocycles. The van der Waals surface area contributed by atoms with E-state index in [1.807, 2.05) is 0 Å². The molecule has 0 spiro atoms. The van der Waals surface area contributed by atoms with Crippen LogP contribution >= 0.6 is 7.60 Å². The molecule has 1 atom stereocenters. The average molecular weight is 334 g/mol. The topological polar surface area (TPSA) is 109 Å². The Balaban J connectivity index is -0.00000180. The Morgan fingerprint density at radius 2 is 1.71 bits per heavy atom. The first kappa shape index (κ1) is 24.2. The molecule has 1 unspecified atom stereocenters. The van der Waals surface area contributed by atoms with Crippen molar-refractivity contribution in [1.29, 1.82) is 0 Å². The van der Waals surface area contributed by atoms with Crippen LogP contribution in [0.5, 0.6) is 0 Å². The fourth-order valence-corrected chi connectivity index (χ4v) is 2.61. The van der Waals surface area contributed by atoms with Crippen LogP contribution in [0.3, 0.4) is 0 Å². The van der Waals surface area contributed by atoms with E-state index < -0.39 is 7.60 Å². The zero-order valence-corrected chi connectivity index (χ0v) is 16.5. The molecule has 0 saturated heterocycles. The first-order valence-electron chi connectivity index (χ1n) is 7.47. The molecule has 0 aliphatic carbocycles. The van der Waals surface area contributed by atoms with E-state index in [-0.39, 0.29) is 37.1 Å². The Morgan fingerprint density at radius 3 is 2.33 bits per heavy atom. The molecule has 0 saturated carbocycles. The van der Waals surface area contributed by atoms with Gasteiger partial charge in [-0.25, -0.2) is 4.62 Å². The van der Waals surface area contributed by atoms with Crippen LogP contribution in [-0.4, -0.2) is 50.3 Å². The number of hydroxylamine groups is 1. The minimum absolute atomic E-state index is 0. The van der Waals surface area contributed by atoms with Gasteiger partial charge in [0, 0.05) is 39.3 Å². The largest absolute Gasteiger partial charge is 1.00 e. The van der Waals surface area contributed by atoms with Crippen molar-refractivity contribution in [3.8, 4) is 0 Å². The minimum atomic E-state index is -3.47. The maximum atomic E-state index is 11.6. The van der Waals surface area contributed by atoms with Crippen LogP contribution < -0.4 is 51.4 Å². The van der Waals surface area contributed by atoms with Crippen molar-refractivity contribution in [2.75, 3.05) is 45.4 Å². The molecule has 0 amide bonds. The van der Waals surface area contributed by atoms with Crippen molar-refractivity contribution in [3.63, 3.8) is 0 Å². The van der Waals surface area contributed by atoms with Crippen molar-refractivity contribution in [2.45, 2.75) is 32.6 Å². The predicted molar refractivity (Wildman–Crippen MR) is 83.8 cm³/mol. The van der Waals surface area contributed by atoms with Gasteiger partial charge in [-0.2, -0.15) is 5.48 Å². The van der Waals surface area contributed by atoms with E-state index in [4.69, 9.17) is 10.4 Å². The Labute approximate surface area is 152 Å². The standard InChI is InChI=1S/C12H31N4O3P.Na.H/c1-2-3-4-5-12-20(17,18)19-16-11-10-15-9-8-14-7-6-13;;/h14-16H,2-13H2,1H3,(H,17,18);;/q;+1;-1. The molecule has 0 radical (unpaired) electrons. The second kappa shape index (κ2) is 17.3. The van der Waals surface area contributed by atoms with Gasteiger partial charge in [0.05, 0.1) is 6.16 Å². The first-order chi connectivity index (χ1) is 9.62. The van der Waals surface area contributed by atoms with Crippen molar-refractivity contribution < 1.29 is 45.1 Å². The molecule has 0 fully saturated rings. The van der Waals surface area contributed by atoms with E-state index in [1.54, 1.807) is 0 Å². The van der Waals surface area contributed by atoms with Gasteiger partial charge in [0.2, 0.25) is 0 Å². The van der Waals surface area contributed by atoms with Crippen molar-refractivity contribution in [1.82, 2.24) is 16.1 Å². The molecule has 0 rings (SSSR count). The molecule has 0 aliphatic rings. The Bertz CT molecular complexity index is 269. The van der Waals surface area contributed by atoms with Crippen LogP contribution in [0.4, 0.5) is 0 Å². The van der Waals surface area contributed by atoms with Gasteiger partial charge in [-0.1, -0.05) is 26.2 Å². The quantitative estimate of drug-likeness (QED) is 0.0977. The van der Waals surface area contributed by atoms with Crippen LogP contribution in [0, 0.1) is 0 Å². The number of unbranched alkanes of at least 4 members (excludes halogenated alkanes) is 3. The molecule has 0 heterocycles. The summed E-state index contributed by atoms with van der Waals surface area (Å²) in [4.78, 5) is 9.54. The molecule has 0 aliphatic heterocycles. The van der Waals surface area contributed by atoms with E-state index in [0.717, 1.165) is 45.3 Å². The summed E-state index contributed by atoms with van der Waals surface area (Å²) >= 11 is 0. The predicted octanol–water partition coefficient (Wildman–Crippen LogP) is -2.47. The summed E-state index contributed by atoms with van der Waals surface area (Å²) < 4.78 is 16.5. The monoisotopic (exact) mass is 334 g/mol. The third-order valence-corrected chi connectivity index (χ3v) is 4.00. The zero-order chi connectivity index (χ0) is 15.1. The van der Waals surface area contributed by atoms with Crippen molar-refractivity contribution in [3.05, 3.63) is 0 Å². The summed E-state index contributed by atoms with van der Waals surface area (Å²) in [6.07, 6.45) is 4.13. The zero-order valence-electron chi connectivity index (χ0n) is 14.6. The van der Waals surface area contributed by atoms with Gasteiger partial charge in [0.25, 0.3) is 0 Å². The normalized spacial score (nSPS) is 13.7. The number of nitrogens with two attached hydrogens (primary N) is 1. The van der Waals surface area contributed by atoms with Gasteiger partial charge in [0.15, 0.2) is 0 Å². The molecule has 0 aromatic rings. The van der Waals surface area contributed by atoms with Gasteiger partial charge < -0.3 is 22.7 Å². The second-order valence-corrected chi connectivity index (χ2v) is 6.60.